The largest absolute Gasteiger partial charge is 0.481 e. The Morgan fingerprint density at radius 1 is 0.533 bits per heavy atom. The van der Waals surface area contributed by atoms with Crippen molar-refractivity contribution in [3.05, 3.63) is 0 Å². The van der Waals surface area contributed by atoms with E-state index in [2.05, 4.69) is 6.92 Å². The van der Waals surface area contributed by atoms with Crippen molar-refractivity contribution < 1.29 is 15.0 Å². The Hall–Kier alpha value is -0.570. The van der Waals surface area contributed by atoms with Gasteiger partial charge in [-0.25, -0.2) is 0 Å². The van der Waals surface area contributed by atoms with Gasteiger partial charge in [0.1, 0.15) is 0 Å². The summed E-state index contributed by atoms with van der Waals surface area (Å²) in [4.78, 5) is 10.4. The molecule has 180 valence electrons. The Morgan fingerprint density at radius 2 is 0.833 bits per heavy atom. The van der Waals surface area contributed by atoms with Gasteiger partial charge in [0.15, 0.2) is 0 Å². The molecule has 0 saturated carbocycles. The molecular weight excluding hydrogens is 372 g/mol. The Bertz CT molecular complexity index is 343. The molecule has 3 heteroatoms. The molecule has 0 heterocycles. The van der Waals surface area contributed by atoms with Gasteiger partial charge in [0, 0.05) is 6.42 Å². The van der Waals surface area contributed by atoms with Gasteiger partial charge >= 0.3 is 5.97 Å². The van der Waals surface area contributed by atoms with Crippen LogP contribution in [0.2, 0.25) is 0 Å². The third-order valence-corrected chi connectivity index (χ3v) is 6.32. The molecule has 0 aromatic rings. The summed E-state index contributed by atoms with van der Waals surface area (Å²) in [5.74, 6) is -0.691. The molecule has 0 amide bonds. The highest BCUT2D eigenvalue weighted by atomic mass is 16.4. The van der Waals surface area contributed by atoms with Gasteiger partial charge in [0.25, 0.3) is 0 Å². The van der Waals surface area contributed by atoms with E-state index in [0.29, 0.717) is 6.42 Å². The first-order valence-corrected chi connectivity index (χ1v) is 13.6. The minimum Gasteiger partial charge on any atom is -0.481 e. The maximum Gasteiger partial charge on any atom is 0.303 e. The molecule has 0 saturated heterocycles. The quantitative estimate of drug-likeness (QED) is 0.143. The van der Waals surface area contributed by atoms with Crippen molar-refractivity contribution in [1.29, 1.82) is 0 Å². The maximum absolute atomic E-state index is 10.4. The van der Waals surface area contributed by atoms with Gasteiger partial charge in [-0.2, -0.15) is 0 Å². The van der Waals surface area contributed by atoms with Crippen molar-refractivity contribution in [2.45, 2.75) is 167 Å². The van der Waals surface area contributed by atoms with Crippen molar-refractivity contribution in [3.63, 3.8) is 0 Å². The van der Waals surface area contributed by atoms with Crippen molar-refractivity contribution in [1.82, 2.24) is 0 Å². The van der Waals surface area contributed by atoms with Crippen LogP contribution in [0, 0.1) is 0 Å². The summed E-state index contributed by atoms with van der Waals surface area (Å²) < 4.78 is 0. The number of unbranched alkanes of at least 4 members (excludes halogenated alkanes) is 19. The average molecular weight is 427 g/mol. The van der Waals surface area contributed by atoms with Gasteiger partial charge in [-0.1, -0.05) is 135 Å². The Kier molecular flexibility index (Phi) is 24.2. The lowest BCUT2D eigenvalue weighted by molar-refractivity contribution is -0.137. The molecule has 1 atom stereocenters. The molecular formula is C27H54O3. The van der Waals surface area contributed by atoms with Crippen LogP contribution in [0.25, 0.3) is 0 Å². The molecule has 0 bridgehead atoms. The van der Waals surface area contributed by atoms with Crippen LogP contribution in [-0.4, -0.2) is 22.3 Å². The lowest BCUT2D eigenvalue weighted by atomic mass is 10.0. The smallest absolute Gasteiger partial charge is 0.303 e. The number of hydrogen-bond donors (Lipinski definition) is 2. The predicted molar refractivity (Wildman–Crippen MR) is 130 cm³/mol. The van der Waals surface area contributed by atoms with Gasteiger partial charge in [-0.05, 0) is 19.3 Å². The minimum absolute atomic E-state index is 0.129. The summed E-state index contributed by atoms with van der Waals surface area (Å²) in [5, 5.41) is 18.7. The van der Waals surface area contributed by atoms with E-state index >= 15 is 0 Å². The second kappa shape index (κ2) is 24.7. The predicted octanol–water partition coefficient (Wildman–Crippen LogP) is 8.81. The van der Waals surface area contributed by atoms with Crippen LogP contribution < -0.4 is 0 Å². The second-order valence-corrected chi connectivity index (χ2v) is 9.45. The molecule has 0 aliphatic carbocycles. The first-order chi connectivity index (χ1) is 14.7. The van der Waals surface area contributed by atoms with Gasteiger partial charge in [0.2, 0.25) is 0 Å². The van der Waals surface area contributed by atoms with Gasteiger partial charge in [0.05, 0.1) is 6.10 Å². The molecule has 2 N–H and O–H groups in total. The second-order valence-electron chi connectivity index (χ2n) is 9.45. The van der Waals surface area contributed by atoms with Crippen LogP contribution in [0.4, 0.5) is 0 Å². The normalized spacial score (nSPS) is 12.3. The molecule has 1 unspecified atom stereocenters. The van der Waals surface area contributed by atoms with E-state index in [9.17, 15) is 9.90 Å². The number of carbonyl (C=O) groups is 1. The molecule has 0 radical (unpaired) electrons. The van der Waals surface area contributed by atoms with E-state index in [4.69, 9.17) is 5.11 Å². The zero-order valence-corrected chi connectivity index (χ0v) is 20.4. The lowest BCUT2D eigenvalue weighted by Crippen LogP contribution is -2.05. The molecule has 0 aliphatic heterocycles. The number of aliphatic hydroxyl groups is 1. The van der Waals surface area contributed by atoms with E-state index in [1.54, 1.807) is 0 Å². The highest BCUT2D eigenvalue weighted by Gasteiger charge is 2.04. The number of carboxylic acid groups (broad SMARTS) is 1. The average Bonchev–Trinajstić information content (AvgIpc) is 2.72. The highest BCUT2D eigenvalue weighted by Crippen LogP contribution is 2.16. The van der Waals surface area contributed by atoms with E-state index in [0.717, 1.165) is 51.4 Å². The van der Waals surface area contributed by atoms with Crippen molar-refractivity contribution >= 4 is 5.97 Å². The Morgan fingerprint density at radius 3 is 1.17 bits per heavy atom. The fourth-order valence-electron chi connectivity index (χ4n) is 4.26. The monoisotopic (exact) mass is 426 g/mol. The fraction of sp³-hybridized carbons (Fsp3) is 0.963. The third-order valence-electron chi connectivity index (χ3n) is 6.32. The lowest BCUT2D eigenvalue weighted by Gasteiger charge is -2.10. The Balaban J connectivity index is 3.13. The summed E-state index contributed by atoms with van der Waals surface area (Å²) in [7, 11) is 0. The SMILES string of the molecule is CCCCCCCCCCCCCCCCCCC(O)CCCCCCCC(=O)O. The summed E-state index contributed by atoms with van der Waals surface area (Å²) >= 11 is 0. The van der Waals surface area contributed by atoms with Gasteiger partial charge < -0.3 is 10.2 Å². The minimum atomic E-state index is -0.691. The number of aliphatic hydroxyl groups excluding tert-OH is 1. The van der Waals surface area contributed by atoms with Crippen molar-refractivity contribution in [2.24, 2.45) is 0 Å². The van der Waals surface area contributed by atoms with Crippen LogP contribution in [0.3, 0.4) is 0 Å². The summed E-state index contributed by atoms with van der Waals surface area (Å²) in [5.41, 5.74) is 0. The van der Waals surface area contributed by atoms with Crippen LogP contribution in [0.15, 0.2) is 0 Å². The molecule has 0 rings (SSSR count). The molecule has 0 aromatic carbocycles. The summed E-state index contributed by atoms with van der Waals surface area (Å²) in [6, 6.07) is 0. The summed E-state index contributed by atoms with van der Waals surface area (Å²) in [6.45, 7) is 2.28. The van der Waals surface area contributed by atoms with E-state index in [1.165, 1.54) is 96.3 Å². The van der Waals surface area contributed by atoms with Crippen molar-refractivity contribution in [2.75, 3.05) is 0 Å². The number of rotatable bonds is 25. The molecule has 30 heavy (non-hydrogen) atoms. The molecule has 0 spiro atoms. The van der Waals surface area contributed by atoms with E-state index in [-0.39, 0.29) is 6.10 Å². The standard InChI is InChI=1S/C27H54O3/c1-2-3-4-5-6-7-8-9-10-11-12-13-14-15-17-20-23-26(28)24-21-18-16-19-22-25-27(29)30/h26,28H,2-25H2,1H3,(H,29,30). The fourth-order valence-corrected chi connectivity index (χ4v) is 4.26. The zero-order valence-electron chi connectivity index (χ0n) is 20.4. The van der Waals surface area contributed by atoms with Gasteiger partial charge in [-0.15, -0.1) is 0 Å². The number of carboxylic acids is 1. The molecule has 0 aliphatic rings. The van der Waals surface area contributed by atoms with Crippen LogP contribution in [0.5, 0.6) is 0 Å². The third kappa shape index (κ3) is 25.5. The molecule has 0 aromatic heterocycles. The van der Waals surface area contributed by atoms with Crippen LogP contribution in [0.1, 0.15) is 161 Å². The van der Waals surface area contributed by atoms with Gasteiger partial charge in [-0.3, -0.25) is 4.79 Å². The first-order valence-electron chi connectivity index (χ1n) is 13.6. The van der Waals surface area contributed by atoms with Crippen molar-refractivity contribution in [3.8, 4) is 0 Å². The number of hydrogen-bond acceptors (Lipinski definition) is 2. The topological polar surface area (TPSA) is 57.5 Å². The van der Waals surface area contributed by atoms with E-state index < -0.39 is 5.97 Å². The van der Waals surface area contributed by atoms with Crippen LogP contribution >= 0.6 is 0 Å². The first kappa shape index (κ1) is 29.4. The van der Waals surface area contributed by atoms with E-state index in [1.807, 2.05) is 0 Å². The maximum atomic E-state index is 10.4. The molecule has 3 nitrogen and oxygen atoms in total. The summed E-state index contributed by atoms with van der Waals surface area (Å²) in [6.07, 6.45) is 29.3. The van der Waals surface area contributed by atoms with Crippen LogP contribution in [-0.2, 0) is 4.79 Å². The molecule has 0 fully saturated rings. The Labute approximate surface area is 188 Å². The zero-order chi connectivity index (χ0) is 22.1. The highest BCUT2D eigenvalue weighted by molar-refractivity contribution is 5.66. The number of aliphatic carboxylic acids is 1.